The first-order valence-corrected chi connectivity index (χ1v) is 7.26. The van der Waals surface area contributed by atoms with Crippen LogP contribution in [0.3, 0.4) is 0 Å². The van der Waals surface area contributed by atoms with Gasteiger partial charge in [0.2, 0.25) is 0 Å². The van der Waals surface area contributed by atoms with Crippen molar-refractivity contribution in [3.05, 3.63) is 0 Å². The van der Waals surface area contributed by atoms with Crippen molar-refractivity contribution >= 4 is 10.8 Å². The minimum Gasteiger partial charge on any atom is -0.314 e. The van der Waals surface area contributed by atoms with Crippen LogP contribution < -0.4 is 5.32 Å². The van der Waals surface area contributed by atoms with E-state index >= 15 is 0 Å². The monoisotopic (exact) mass is 217 g/mol. The number of rotatable bonds is 5. The molecule has 0 bridgehead atoms. The second-order valence-corrected chi connectivity index (χ2v) is 6.74. The highest BCUT2D eigenvalue weighted by atomic mass is 32.2. The SMILES string of the molecule is CS(=O)CCCNC1CCC(C)(C)C1. The zero-order valence-corrected chi connectivity index (χ0v) is 10.5. The molecule has 0 spiro atoms. The lowest BCUT2D eigenvalue weighted by Crippen LogP contribution is -2.28. The number of hydrogen-bond acceptors (Lipinski definition) is 2. The van der Waals surface area contributed by atoms with E-state index < -0.39 is 10.8 Å². The highest BCUT2D eigenvalue weighted by molar-refractivity contribution is 7.84. The van der Waals surface area contributed by atoms with Gasteiger partial charge in [0.1, 0.15) is 0 Å². The van der Waals surface area contributed by atoms with Crippen LogP contribution in [0.1, 0.15) is 39.5 Å². The van der Waals surface area contributed by atoms with Crippen LogP contribution in [0.2, 0.25) is 0 Å². The van der Waals surface area contributed by atoms with E-state index in [2.05, 4.69) is 19.2 Å². The van der Waals surface area contributed by atoms with Crippen LogP contribution in [0.15, 0.2) is 0 Å². The fourth-order valence-electron chi connectivity index (χ4n) is 2.19. The molecule has 0 heterocycles. The quantitative estimate of drug-likeness (QED) is 0.713. The van der Waals surface area contributed by atoms with Crippen molar-refractivity contribution < 1.29 is 4.21 Å². The first-order chi connectivity index (χ1) is 6.49. The molecule has 0 amide bonds. The van der Waals surface area contributed by atoms with E-state index in [-0.39, 0.29) is 0 Å². The van der Waals surface area contributed by atoms with Crippen molar-refractivity contribution in [1.82, 2.24) is 5.32 Å². The second-order valence-electron chi connectivity index (χ2n) is 5.19. The number of hydrogen-bond donors (Lipinski definition) is 1. The van der Waals surface area contributed by atoms with Crippen molar-refractivity contribution in [3.63, 3.8) is 0 Å². The van der Waals surface area contributed by atoms with Gasteiger partial charge in [-0.3, -0.25) is 4.21 Å². The van der Waals surface area contributed by atoms with Gasteiger partial charge in [0, 0.05) is 28.9 Å². The zero-order chi connectivity index (χ0) is 10.6. The van der Waals surface area contributed by atoms with Gasteiger partial charge in [-0.25, -0.2) is 0 Å². The standard InChI is InChI=1S/C11H23NOS/c1-11(2)6-5-10(9-11)12-7-4-8-14(3)13/h10,12H,4-9H2,1-3H3. The Morgan fingerprint density at radius 1 is 1.50 bits per heavy atom. The molecule has 0 radical (unpaired) electrons. The predicted molar refractivity (Wildman–Crippen MR) is 63.0 cm³/mol. The molecular weight excluding hydrogens is 194 g/mol. The van der Waals surface area contributed by atoms with Gasteiger partial charge in [0.15, 0.2) is 0 Å². The van der Waals surface area contributed by atoms with Crippen LogP contribution in [-0.2, 0) is 10.8 Å². The van der Waals surface area contributed by atoms with Gasteiger partial charge in [-0.1, -0.05) is 13.8 Å². The van der Waals surface area contributed by atoms with E-state index in [1.807, 2.05) is 0 Å². The third-order valence-electron chi connectivity index (χ3n) is 3.01. The number of nitrogens with one attached hydrogen (secondary N) is 1. The summed E-state index contributed by atoms with van der Waals surface area (Å²) >= 11 is 0. The Morgan fingerprint density at radius 3 is 2.71 bits per heavy atom. The summed E-state index contributed by atoms with van der Waals surface area (Å²) in [6.45, 7) is 5.71. The molecule has 0 aliphatic heterocycles. The molecule has 3 heteroatoms. The van der Waals surface area contributed by atoms with Crippen molar-refractivity contribution in [3.8, 4) is 0 Å². The lowest BCUT2D eigenvalue weighted by molar-refractivity contribution is 0.365. The summed E-state index contributed by atoms with van der Waals surface area (Å²) in [6.07, 6.45) is 6.76. The molecule has 2 unspecified atom stereocenters. The van der Waals surface area contributed by atoms with Gasteiger partial charge in [0.25, 0.3) is 0 Å². The fraction of sp³-hybridized carbons (Fsp3) is 1.00. The average molecular weight is 217 g/mol. The summed E-state index contributed by atoms with van der Waals surface area (Å²) in [6, 6.07) is 0.704. The Morgan fingerprint density at radius 2 is 2.21 bits per heavy atom. The van der Waals surface area contributed by atoms with Crippen molar-refractivity contribution in [2.24, 2.45) is 5.41 Å². The minimum atomic E-state index is -0.624. The molecule has 2 atom stereocenters. The van der Waals surface area contributed by atoms with Crippen LogP contribution in [0.25, 0.3) is 0 Å². The minimum absolute atomic E-state index is 0.533. The molecule has 0 aromatic heterocycles. The molecule has 1 fully saturated rings. The fourth-order valence-corrected chi connectivity index (χ4v) is 2.74. The summed E-state index contributed by atoms with van der Waals surface area (Å²) in [4.78, 5) is 0. The highest BCUT2D eigenvalue weighted by Crippen LogP contribution is 2.36. The van der Waals surface area contributed by atoms with Crippen molar-refractivity contribution in [2.75, 3.05) is 18.6 Å². The molecule has 1 N–H and O–H groups in total. The van der Waals surface area contributed by atoms with Crippen LogP contribution in [0.5, 0.6) is 0 Å². The van der Waals surface area contributed by atoms with Gasteiger partial charge < -0.3 is 5.32 Å². The molecule has 1 rings (SSSR count). The first kappa shape index (κ1) is 12.2. The summed E-state index contributed by atoms with van der Waals surface area (Å²) in [5, 5.41) is 3.56. The second kappa shape index (κ2) is 5.26. The van der Waals surface area contributed by atoms with Crippen LogP contribution in [-0.4, -0.2) is 28.8 Å². The Balaban J connectivity index is 2.06. The Kier molecular flexibility index (Phi) is 4.58. The average Bonchev–Trinajstić information content (AvgIpc) is 2.39. The van der Waals surface area contributed by atoms with Gasteiger partial charge in [-0.2, -0.15) is 0 Å². The van der Waals surface area contributed by atoms with Crippen LogP contribution in [0.4, 0.5) is 0 Å². The van der Waals surface area contributed by atoms with Crippen molar-refractivity contribution in [1.29, 1.82) is 0 Å². The summed E-state index contributed by atoms with van der Waals surface area (Å²) < 4.78 is 10.8. The smallest absolute Gasteiger partial charge is 0.0244 e. The molecule has 0 aromatic carbocycles. The van der Waals surface area contributed by atoms with Crippen LogP contribution in [0, 0.1) is 5.41 Å². The molecule has 1 aliphatic carbocycles. The van der Waals surface area contributed by atoms with E-state index in [0.29, 0.717) is 11.5 Å². The maximum Gasteiger partial charge on any atom is 0.0244 e. The summed E-state index contributed by atoms with van der Waals surface area (Å²) in [5.74, 6) is 0.836. The predicted octanol–water partition coefficient (Wildman–Crippen LogP) is 1.92. The Hall–Kier alpha value is 0.110. The zero-order valence-electron chi connectivity index (χ0n) is 9.64. The van der Waals surface area contributed by atoms with Gasteiger partial charge in [-0.15, -0.1) is 0 Å². The van der Waals surface area contributed by atoms with Gasteiger partial charge in [0.05, 0.1) is 0 Å². The topological polar surface area (TPSA) is 29.1 Å². The first-order valence-electron chi connectivity index (χ1n) is 5.53. The van der Waals surface area contributed by atoms with E-state index in [0.717, 1.165) is 18.7 Å². The molecule has 1 aliphatic rings. The summed E-state index contributed by atoms with van der Waals surface area (Å²) in [5.41, 5.74) is 0.533. The third kappa shape index (κ3) is 4.56. The van der Waals surface area contributed by atoms with E-state index in [9.17, 15) is 4.21 Å². The Bertz CT molecular complexity index is 203. The lowest BCUT2D eigenvalue weighted by Gasteiger charge is -2.17. The lowest BCUT2D eigenvalue weighted by atomic mass is 9.92. The molecular formula is C11H23NOS. The molecule has 0 saturated heterocycles. The maximum absolute atomic E-state index is 10.8. The third-order valence-corrected chi connectivity index (χ3v) is 3.87. The normalized spacial score (nSPS) is 27.8. The Labute approximate surface area is 90.3 Å². The van der Waals surface area contributed by atoms with Crippen LogP contribution >= 0.6 is 0 Å². The van der Waals surface area contributed by atoms with E-state index in [1.54, 1.807) is 6.26 Å². The maximum atomic E-state index is 10.8. The largest absolute Gasteiger partial charge is 0.314 e. The van der Waals surface area contributed by atoms with E-state index in [1.165, 1.54) is 19.3 Å². The molecule has 84 valence electrons. The molecule has 14 heavy (non-hydrogen) atoms. The molecule has 0 aromatic rings. The van der Waals surface area contributed by atoms with Crippen molar-refractivity contribution in [2.45, 2.75) is 45.6 Å². The summed E-state index contributed by atoms with van der Waals surface area (Å²) in [7, 11) is -0.624. The van der Waals surface area contributed by atoms with Gasteiger partial charge in [-0.05, 0) is 37.6 Å². The highest BCUT2D eigenvalue weighted by Gasteiger charge is 2.30. The molecule has 2 nitrogen and oxygen atoms in total. The molecule has 1 saturated carbocycles. The van der Waals surface area contributed by atoms with Gasteiger partial charge >= 0.3 is 0 Å². The van der Waals surface area contributed by atoms with E-state index in [4.69, 9.17) is 0 Å².